The van der Waals surface area contributed by atoms with E-state index in [0.717, 1.165) is 51.7 Å². The Labute approximate surface area is 152 Å². The number of benzene rings is 1. The van der Waals surface area contributed by atoms with Gasteiger partial charge < -0.3 is 14.7 Å². The summed E-state index contributed by atoms with van der Waals surface area (Å²) in [5.74, 6) is -0.523. The Morgan fingerprint density at radius 3 is 2.40 bits per heavy atom. The summed E-state index contributed by atoms with van der Waals surface area (Å²) in [7, 11) is 0. The first-order valence-electron chi connectivity index (χ1n) is 9.91. The Kier molecular flexibility index (Phi) is 7.91. The van der Waals surface area contributed by atoms with Crippen molar-refractivity contribution >= 4 is 5.97 Å². The third kappa shape index (κ3) is 5.05. The zero-order valence-electron chi connectivity index (χ0n) is 15.8. The maximum atomic E-state index is 12.9. The minimum atomic E-state index is -1.51. The van der Waals surface area contributed by atoms with Crippen LogP contribution in [0.5, 0.6) is 0 Å². The third-order valence-corrected chi connectivity index (χ3v) is 5.63. The van der Waals surface area contributed by atoms with Crippen LogP contribution in [0.3, 0.4) is 0 Å². The van der Waals surface area contributed by atoms with Crippen molar-refractivity contribution in [2.45, 2.75) is 58.0 Å². The molecule has 1 aromatic rings. The predicted octanol–water partition coefficient (Wildman–Crippen LogP) is 2.31. The highest BCUT2D eigenvalue weighted by molar-refractivity contribution is 5.81. The van der Waals surface area contributed by atoms with Gasteiger partial charge in [0.2, 0.25) is 0 Å². The zero-order valence-corrected chi connectivity index (χ0v) is 15.8. The van der Waals surface area contributed by atoms with E-state index >= 15 is 0 Å². The normalized spacial score (nSPS) is 18.1. The molecule has 4 heteroatoms. The van der Waals surface area contributed by atoms with E-state index in [0.29, 0.717) is 12.2 Å². The second kappa shape index (κ2) is 9.93. The van der Waals surface area contributed by atoms with Gasteiger partial charge in [0.25, 0.3) is 0 Å². The third-order valence-electron chi connectivity index (χ3n) is 5.63. The molecule has 2 rings (SSSR count). The van der Waals surface area contributed by atoms with Crippen molar-refractivity contribution in [1.82, 2.24) is 0 Å². The first kappa shape index (κ1) is 19.9. The molecule has 0 amide bonds. The number of ether oxygens (including phenoxy) is 1. The predicted molar refractivity (Wildman–Crippen MR) is 99.4 cm³/mol. The SMILES string of the molecule is CC[NH+](CC)CCCOC(=O)[C@](O)(c1ccccc1)C1CCCCC1. The second-order valence-electron chi connectivity index (χ2n) is 7.16. The number of esters is 1. The lowest BCUT2D eigenvalue weighted by Crippen LogP contribution is -3.11. The van der Waals surface area contributed by atoms with E-state index in [-0.39, 0.29) is 5.92 Å². The molecule has 1 aromatic carbocycles. The lowest BCUT2D eigenvalue weighted by atomic mass is 9.73. The Balaban J connectivity index is 2.03. The minimum absolute atomic E-state index is 0.0513. The number of nitrogens with one attached hydrogen (secondary N) is 1. The van der Waals surface area contributed by atoms with Gasteiger partial charge in [0.15, 0.2) is 5.60 Å². The van der Waals surface area contributed by atoms with Crippen molar-refractivity contribution in [1.29, 1.82) is 0 Å². The minimum Gasteiger partial charge on any atom is -0.463 e. The molecule has 0 spiro atoms. The molecule has 1 saturated carbocycles. The molecule has 1 aliphatic carbocycles. The van der Waals surface area contributed by atoms with Crippen LogP contribution in [0.2, 0.25) is 0 Å². The average molecular weight is 349 g/mol. The number of aliphatic hydroxyl groups is 1. The quantitative estimate of drug-likeness (QED) is 0.532. The van der Waals surface area contributed by atoms with Gasteiger partial charge >= 0.3 is 5.97 Å². The summed E-state index contributed by atoms with van der Waals surface area (Å²) in [6.45, 7) is 7.88. The smallest absolute Gasteiger partial charge is 0.343 e. The van der Waals surface area contributed by atoms with Crippen molar-refractivity contribution < 1.29 is 19.5 Å². The van der Waals surface area contributed by atoms with Gasteiger partial charge in [0.05, 0.1) is 26.2 Å². The molecular formula is C21H34NO3+. The molecule has 1 atom stereocenters. The van der Waals surface area contributed by atoms with Gasteiger partial charge in [-0.25, -0.2) is 4.79 Å². The first-order valence-corrected chi connectivity index (χ1v) is 9.91. The summed E-state index contributed by atoms with van der Waals surface area (Å²) < 4.78 is 5.55. The molecule has 0 saturated heterocycles. The van der Waals surface area contributed by atoms with Crippen LogP contribution < -0.4 is 4.90 Å². The van der Waals surface area contributed by atoms with E-state index in [4.69, 9.17) is 4.74 Å². The lowest BCUT2D eigenvalue weighted by Gasteiger charge is -2.36. The van der Waals surface area contributed by atoms with Crippen LogP contribution >= 0.6 is 0 Å². The molecule has 0 radical (unpaired) electrons. The molecule has 1 fully saturated rings. The van der Waals surface area contributed by atoms with Crippen molar-refractivity contribution in [3.63, 3.8) is 0 Å². The van der Waals surface area contributed by atoms with Crippen molar-refractivity contribution in [2.24, 2.45) is 5.92 Å². The molecular weight excluding hydrogens is 314 g/mol. The summed E-state index contributed by atoms with van der Waals surface area (Å²) in [5, 5.41) is 11.4. The molecule has 0 aromatic heterocycles. The maximum absolute atomic E-state index is 12.9. The van der Waals surface area contributed by atoms with Crippen LogP contribution in [0, 0.1) is 5.92 Å². The molecule has 1 aliphatic rings. The topological polar surface area (TPSA) is 51.0 Å². The van der Waals surface area contributed by atoms with Crippen LogP contribution in [0.15, 0.2) is 30.3 Å². The summed E-state index contributed by atoms with van der Waals surface area (Å²) in [5.41, 5.74) is -0.842. The Morgan fingerprint density at radius 1 is 1.16 bits per heavy atom. The van der Waals surface area contributed by atoms with E-state index < -0.39 is 11.6 Å². The van der Waals surface area contributed by atoms with Gasteiger partial charge in [-0.05, 0) is 32.3 Å². The Hall–Kier alpha value is -1.39. The molecule has 0 heterocycles. The summed E-state index contributed by atoms with van der Waals surface area (Å²) >= 11 is 0. The Morgan fingerprint density at radius 2 is 1.80 bits per heavy atom. The van der Waals surface area contributed by atoms with Crippen molar-refractivity contribution in [3.05, 3.63) is 35.9 Å². The molecule has 0 aliphatic heterocycles. The van der Waals surface area contributed by atoms with E-state index in [9.17, 15) is 9.90 Å². The number of quaternary nitrogens is 1. The van der Waals surface area contributed by atoms with Gasteiger partial charge in [-0.1, -0.05) is 49.6 Å². The fraction of sp³-hybridized carbons (Fsp3) is 0.667. The van der Waals surface area contributed by atoms with Crippen LogP contribution in [0.1, 0.15) is 57.9 Å². The van der Waals surface area contributed by atoms with E-state index in [2.05, 4.69) is 13.8 Å². The van der Waals surface area contributed by atoms with Gasteiger partial charge in [-0.2, -0.15) is 0 Å². The first-order chi connectivity index (χ1) is 12.1. The Bertz CT molecular complexity index is 509. The fourth-order valence-electron chi connectivity index (χ4n) is 3.93. The maximum Gasteiger partial charge on any atom is 0.343 e. The van der Waals surface area contributed by atoms with E-state index in [1.807, 2.05) is 30.3 Å². The highest BCUT2D eigenvalue weighted by atomic mass is 16.5. The molecule has 25 heavy (non-hydrogen) atoms. The van der Waals surface area contributed by atoms with Crippen LogP contribution in [-0.4, -0.2) is 37.3 Å². The summed E-state index contributed by atoms with van der Waals surface area (Å²) in [6.07, 6.45) is 5.91. The van der Waals surface area contributed by atoms with E-state index in [1.165, 1.54) is 11.3 Å². The zero-order chi connectivity index (χ0) is 18.1. The largest absolute Gasteiger partial charge is 0.463 e. The van der Waals surface area contributed by atoms with Crippen LogP contribution in [0.4, 0.5) is 0 Å². The molecule has 0 unspecified atom stereocenters. The standard InChI is InChI=1S/C21H33NO3/c1-3-22(4-2)16-11-17-25-20(23)21(24,18-12-7-5-8-13-18)19-14-9-6-10-15-19/h5,7-8,12-13,19,24H,3-4,6,9-11,14-17H2,1-2H3/p+1/t21-/m0/s1. The lowest BCUT2D eigenvalue weighted by molar-refractivity contribution is -0.896. The van der Waals surface area contributed by atoms with Crippen LogP contribution in [-0.2, 0) is 15.1 Å². The number of hydrogen-bond donors (Lipinski definition) is 2. The average Bonchev–Trinajstić information content (AvgIpc) is 2.68. The van der Waals surface area contributed by atoms with Gasteiger partial charge in [-0.3, -0.25) is 0 Å². The van der Waals surface area contributed by atoms with Gasteiger partial charge in [0, 0.05) is 12.3 Å². The number of carbonyl (C=O) groups is 1. The summed E-state index contributed by atoms with van der Waals surface area (Å²) in [4.78, 5) is 14.4. The van der Waals surface area contributed by atoms with Gasteiger partial charge in [0.1, 0.15) is 0 Å². The van der Waals surface area contributed by atoms with Crippen LogP contribution in [0.25, 0.3) is 0 Å². The number of rotatable bonds is 9. The molecule has 0 bridgehead atoms. The monoisotopic (exact) mass is 348 g/mol. The fourth-order valence-corrected chi connectivity index (χ4v) is 3.93. The molecule has 2 N–H and O–H groups in total. The molecule has 140 valence electrons. The highest BCUT2D eigenvalue weighted by Gasteiger charge is 2.47. The van der Waals surface area contributed by atoms with Gasteiger partial charge in [-0.15, -0.1) is 0 Å². The molecule has 4 nitrogen and oxygen atoms in total. The number of hydrogen-bond acceptors (Lipinski definition) is 3. The van der Waals surface area contributed by atoms with Crippen molar-refractivity contribution in [3.8, 4) is 0 Å². The second-order valence-corrected chi connectivity index (χ2v) is 7.16. The highest BCUT2D eigenvalue weighted by Crippen LogP contribution is 2.40. The number of carbonyl (C=O) groups excluding carboxylic acids is 1. The van der Waals surface area contributed by atoms with Crippen molar-refractivity contribution in [2.75, 3.05) is 26.2 Å². The van der Waals surface area contributed by atoms with E-state index in [1.54, 1.807) is 0 Å². The summed E-state index contributed by atoms with van der Waals surface area (Å²) in [6, 6.07) is 9.34.